The second kappa shape index (κ2) is 5.38. The summed E-state index contributed by atoms with van der Waals surface area (Å²) in [6.07, 6.45) is 7.42. The number of aryl methyl sites for hydroxylation is 1. The molecule has 0 N–H and O–H groups in total. The Balaban J connectivity index is 1.89. The smallest absolute Gasteiger partial charge is 0.119 e. The minimum Gasteiger partial charge on any atom is -0.497 e. The van der Waals surface area contributed by atoms with Crippen LogP contribution >= 0.6 is 0 Å². The highest BCUT2D eigenvalue weighted by molar-refractivity contribution is 5.73. The van der Waals surface area contributed by atoms with Crippen LogP contribution in [0.4, 0.5) is 0 Å². The van der Waals surface area contributed by atoms with E-state index >= 15 is 0 Å². The van der Waals surface area contributed by atoms with Crippen molar-refractivity contribution in [1.29, 1.82) is 0 Å². The zero-order valence-electron chi connectivity index (χ0n) is 12.0. The molecular weight excluding hydrogens is 234 g/mol. The number of nitrogens with zero attached hydrogens (tertiary/aromatic N) is 1. The summed E-state index contributed by atoms with van der Waals surface area (Å²) in [6, 6.07) is 6.57. The van der Waals surface area contributed by atoms with E-state index in [1.54, 1.807) is 12.7 Å². The largest absolute Gasteiger partial charge is 0.497 e. The van der Waals surface area contributed by atoms with Gasteiger partial charge in [0.1, 0.15) is 5.75 Å². The first-order chi connectivity index (χ1) is 9.28. The van der Waals surface area contributed by atoms with Crippen molar-refractivity contribution in [3.05, 3.63) is 35.4 Å². The molecule has 0 saturated carbocycles. The molecule has 0 amide bonds. The topological polar surface area (TPSA) is 12.5 Å². The van der Waals surface area contributed by atoms with Crippen molar-refractivity contribution >= 4 is 5.57 Å². The van der Waals surface area contributed by atoms with Crippen LogP contribution in [-0.4, -0.2) is 32.1 Å². The quantitative estimate of drug-likeness (QED) is 0.805. The molecule has 19 heavy (non-hydrogen) atoms. The first-order valence-electron chi connectivity index (χ1n) is 7.34. The molecule has 2 aliphatic rings. The van der Waals surface area contributed by atoms with Crippen LogP contribution in [0.2, 0.25) is 0 Å². The van der Waals surface area contributed by atoms with E-state index in [0.717, 1.165) is 11.7 Å². The fraction of sp³-hybridized carbons (Fsp3) is 0.529. The van der Waals surface area contributed by atoms with Crippen LogP contribution < -0.4 is 4.74 Å². The number of methoxy groups -OCH3 is 1. The fourth-order valence-corrected chi connectivity index (χ4v) is 3.37. The van der Waals surface area contributed by atoms with Crippen LogP contribution in [0.25, 0.3) is 5.57 Å². The number of ether oxygens (including phenoxy) is 1. The van der Waals surface area contributed by atoms with Crippen molar-refractivity contribution < 1.29 is 4.74 Å². The molecule has 0 unspecified atom stereocenters. The number of hydrogen-bond donors (Lipinski definition) is 0. The zero-order chi connectivity index (χ0) is 13.2. The summed E-state index contributed by atoms with van der Waals surface area (Å²) < 4.78 is 5.40. The third kappa shape index (κ3) is 2.55. The number of piperidine rings is 1. The molecule has 1 heterocycles. The Morgan fingerprint density at radius 3 is 2.74 bits per heavy atom. The average molecular weight is 257 g/mol. The summed E-state index contributed by atoms with van der Waals surface area (Å²) in [4.78, 5) is 2.44. The summed E-state index contributed by atoms with van der Waals surface area (Å²) in [6.45, 7) is 2.45. The fourth-order valence-electron chi connectivity index (χ4n) is 3.37. The Kier molecular flexibility index (Phi) is 3.61. The lowest BCUT2D eigenvalue weighted by molar-refractivity contribution is 0.248. The lowest BCUT2D eigenvalue weighted by Gasteiger charge is -2.32. The third-order valence-corrected chi connectivity index (χ3v) is 4.56. The zero-order valence-corrected chi connectivity index (χ0v) is 12.0. The predicted octanol–water partition coefficient (Wildman–Crippen LogP) is 3.37. The van der Waals surface area contributed by atoms with Gasteiger partial charge in [-0.25, -0.2) is 0 Å². The highest BCUT2D eigenvalue weighted by Crippen LogP contribution is 2.38. The van der Waals surface area contributed by atoms with Crippen LogP contribution in [0.15, 0.2) is 24.3 Å². The van der Waals surface area contributed by atoms with Gasteiger partial charge < -0.3 is 9.64 Å². The summed E-state index contributed by atoms with van der Waals surface area (Å²) in [7, 11) is 3.98. The van der Waals surface area contributed by atoms with Crippen molar-refractivity contribution in [2.24, 2.45) is 5.92 Å². The number of likely N-dealkylation sites (tertiary alicyclic amines) is 1. The van der Waals surface area contributed by atoms with Gasteiger partial charge in [0, 0.05) is 0 Å². The third-order valence-electron chi connectivity index (χ3n) is 4.56. The molecule has 0 bridgehead atoms. The molecule has 2 nitrogen and oxygen atoms in total. The lowest BCUT2D eigenvalue weighted by atomic mass is 9.79. The summed E-state index contributed by atoms with van der Waals surface area (Å²) in [5, 5.41) is 0. The molecule has 3 rings (SSSR count). The van der Waals surface area contributed by atoms with Gasteiger partial charge in [-0.2, -0.15) is 0 Å². The highest BCUT2D eigenvalue weighted by Gasteiger charge is 2.24. The van der Waals surface area contributed by atoms with Crippen LogP contribution in [0.3, 0.4) is 0 Å². The average Bonchev–Trinajstić information content (AvgIpc) is 2.47. The second-order valence-electron chi connectivity index (χ2n) is 5.80. The van der Waals surface area contributed by atoms with Gasteiger partial charge in [-0.3, -0.25) is 0 Å². The number of rotatable bonds is 2. The van der Waals surface area contributed by atoms with E-state index < -0.39 is 0 Å². The van der Waals surface area contributed by atoms with E-state index in [1.165, 1.54) is 49.9 Å². The predicted molar refractivity (Wildman–Crippen MR) is 79.5 cm³/mol. The van der Waals surface area contributed by atoms with Gasteiger partial charge in [-0.05, 0) is 80.6 Å². The summed E-state index contributed by atoms with van der Waals surface area (Å²) in [5.41, 5.74) is 4.52. The Morgan fingerprint density at radius 1 is 1.21 bits per heavy atom. The molecule has 1 aromatic rings. The molecule has 0 spiro atoms. The van der Waals surface area contributed by atoms with Gasteiger partial charge in [0.15, 0.2) is 0 Å². The minimum atomic E-state index is 0.738. The SMILES string of the molecule is COc1ccc2c(c1)C(C1CCN(C)CC1)=CCC2. The normalized spacial score (nSPS) is 20.8. The van der Waals surface area contributed by atoms with Crippen molar-refractivity contribution in [3.8, 4) is 5.75 Å². The van der Waals surface area contributed by atoms with Crippen molar-refractivity contribution in [3.63, 3.8) is 0 Å². The molecule has 0 radical (unpaired) electrons. The molecule has 0 aromatic heterocycles. The van der Waals surface area contributed by atoms with Gasteiger partial charge in [0.25, 0.3) is 0 Å². The molecule has 2 heteroatoms. The van der Waals surface area contributed by atoms with E-state index in [2.05, 4.69) is 36.2 Å². The number of hydrogen-bond acceptors (Lipinski definition) is 2. The first-order valence-corrected chi connectivity index (χ1v) is 7.34. The van der Waals surface area contributed by atoms with Gasteiger partial charge in [-0.15, -0.1) is 0 Å². The van der Waals surface area contributed by atoms with E-state index in [9.17, 15) is 0 Å². The van der Waals surface area contributed by atoms with Crippen LogP contribution in [0.1, 0.15) is 30.4 Å². The van der Waals surface area contributed by atoms with Crippen molar-refractivity contribution in [2.45, 2.75) is 25.7 Å². The minimum absolute atomic E-state index is 0.738. The number of allylic oxidation sites excluding steroid dienone is 2. The molecule has 0 atom stereocenters. The monoisotopic (exact) mass is 257 g/mol. The van der Waals surface area contributed by atoms with E-state index in [-0.39, 0.29) is 0 Å². The van der Waals surface area contributed by atoms with Gasteiger partial charge in [0.2, 0.25) is 0 Å². The molecule has 102 valence electrons. The number of fused-ring (bicyclic) bond motifs is 1. The molecule has 1 fully saturated rings. The van der Waals surface area contributed by atoms with Crippen LogP contribution in [-0.2, 0) is 6.42 Å². The van der Waals surface area contributed by atoms with E-state index in [1.807, 2.05) is 0 Å². The maximum atomic E-state index is 5.40. The Bertz CT molecular complexity index is 484. The second-order valence-corrected chi connectivity index (χ2v) is 5.80. The maximum Gasteiger partial charge on any atom is 0.119 e. The standard InChI is InChI=1S/C17H23NO/c1-18-10-8-14(9-11-18)16-5-3-4-13-6-7-15(19-2)12-17(13)16/h5-7,12,14H,3-4,8-11H2,1-2H3. The lowest BCUT2D eigenvalue weighted by Crippen LogP contribution is -2.31. The molecule has 1 aliphatic carbocycles. The first kappa shape index (κ1) is 12.7. The van der Waals surface area contributed by atoms with Crippen molar-refractivity contribution in [1.82, 2.24) is 4.90 Å². The van der Waals surface area contributed by atoms with E-state index in [4.69, 9.17) is 4.74 Å². The van der Waals surface area contributed by atoms with E-state index in [0.29, 0.717) is 0 Å². The molecule has 1 aliphatic heterocycles. The molecule has 1 saturated heterocycles. The summed E-state index contributed by atoms with van der Waals surface area (Å²) in [5.74, 6) is 1.72. The Hall–Kier alpha value is -1.28. The van der Waals surface area contributed by atoms with Crippen molar-refractivity contribution in [2.75, 3.05) is 27.2 Å². The molecule has 1 aromatic carbocycles. The highest BCUT2D eigenvalue weighted by atomic mass is 16.5. The van der Waals surface area contributed by atoms with Gasteiger partial charge >= 0.3 is 0 Å². The Labute approximate surface area is 116 Å². The molecular formula is C17H23NO. The summed E-state index contributed by atoms with van der Waals surface area (Å²) >= 11 is 0. The van der Waals surface area contributed by atoms with Crippen LogP contribution in [0.5, 0.6) is 5.75 Å². The Morgan fingerprint density at radius 2 is 2.00 bits per heavy atom. The maximum absolute atomic E-state index is 5.40. The van der Waals surface area contributed by atoms with Crippen LogP contribution in [0, 0.1) is 5.92 Å². The van der Waals surface area contributed by atoms with Gasteiger partial charge in [0.05, 0.1) is 7.11 Å². The van der Waals surface area contributed by atoms with Gasteiger partial charge in [-0.1, -0.05) is 12.1 Å². The number of benzene rings is 1.